The van der Waals surface area contributed by atoms with Gasteiger partial charge in [0.1, 0.15) is 5.75 Å². The number of rotatable bonds is 12. The molecule has 41 heavy (non-hydrogen) atoms. The molecule has 232 valence electrons. The highest BCUT2D eigenvalue weighted by molar-refractivity contribution is 6.42. The smallest absolute Gasteiger partial charge is 0.260 e. The van der Waals surface area contributed by atoms with Crippen molar-refractivity contribution >= 4 is 83.8 Å². The molecule has 3 rings (SSSR count). The third-order valence-electron chi connectivity index (χ3n) is 6.42. The molecular weight excluding hydrogens is 655 g/mol. The van der Waals surface area contributed by atoms with Crippen LogP contribution >= 0.6 is 72.0 Å². The van der Waals surface area contributed by atoms with Crippen molar-refractivity contribution in [3.63, 3.8) is 0 Å². The number of piperazine rings is 1. The largest absolute Gasteiger partial charge is 0.483 e. The van der Waals surface area contributed by atoms with Crippen LogP contribution in [0.3, 0.4) is 0 Å². The van der Waals surface area contributed by atoms with E-state index in [4.69, 9.17) is 39.5 Å². The average Bonchev–Trinajstić information content (AvgIpc) is 2.89. The first kappa shape index (κ1) is 39.8. The average molecular weight is 694 g/mol. The van der Waals surface area contributed by atoms with Crippen LogP contribution in [0.25, 0.3) is 0 Å². The van der Waals surface area contributed by atoms with Gasteiger partial charge in [-0.15, -0.1) is 37.2 Å². The van der Waals surface area contributed by atoms with Crippen LogP contribution in [-0.2, 0) is 11.3 Å². The summed E-state index contributed by atoms with van der Waals surface area (Å²) in [5, 5.41) is 4.54. The van der Waals surface area contributed by atoms with E-state index >= 15 is 0 Å². The molecule has 0 aromatic heterocycles. The van der Waals surface area contributed by atoms with Crippen LogP contribution in [0, 0.1) is 0 Å². The molecule has 0 spiro atoms. The van der Waals surface area contributed by atoms with Gasteiger partial charge in [-0.3, -0.25) is 19.4 Å². The second-order valence-electron chi connectivity index (χ2n) is 9.67. The lowest BCUT2D eigenvalue weighted by Crippen LogP contribution is -2.48. The molecule has 0 unspecified atom stereocenters. The first-order valence-corrected chi connectivity index (χ1v) is 13.7. The number of carbonyl (C=O) groups excluding carboxylic acids is 2. The van der Waals surface area contributed by atoms with Crippen LogP contribution in [0.1, 0.15) is 15.9 Å². The summed E-state index contributed by atoms with van der Waals surface area (Å²) < 4.78 is 5.72. The predicted molar refractivity (Wildman–Crippen MR) is 175 cm³/mol. The fourth-order valence-corrected chi connectivity index (χ4v) is 4.50. The van der Waals surface area contributed by atoms with Gasteiger partial charge in [0.2, 0.25) is 0 Å². The second-order valence-corrected chi connectivity index (χ2v) is 10.9. The molecule has 8 nitrogen and oxygen atoms in total. The highest BCUT2D eigenvalue weighted by Crippen LogP contribution is 2.24. The van der Waals surface area contributed by atoms with Gasteiger partial charge < -0.3 is 19.9 Å². The van der Waals surface area contributed by atoms with Crippen molar-refractivity contribution in [1.29, 1.82) is 0 Å². The topological polar surface area (TPSA) is 68.4 Å². The Balaban J connectivity index is 0.00000533. The Morgan fingerprint density at radius 2 is 1.54 bits per heavy atom. The van der Waals surface area contributed by atoms with Gasteiger partial charge in [0, 0.05) is 71.0 Å². The molecule has 1 N–H and O–H groups in total. The number of halogens is 6. The van der Waals surface area contributed by atoms with Crippen LogP contribution in [0.15, 0.2) is 36.4 Å². The number of amides is 2. The molecule has 1 heterocycles. The minimum Gasteiger partial charge on any atom is -0.483 e. The first-order valence-electron chi connectivity index (χ1n) is 12.6. The number of nitrogens with zero attached hydrogens (tertiary/aromatic N) is 4. The van der Waals surface area contributed by atoms with E-state index in [0.717, 1.165) is 51.4 Å². The van der Waals surface area contributed by atoms with E-state index in [-0.39, 0.29) is 55.6 Å². The van der Waals surface area contributed by atoms with Crippen molar-refractivity contribution in [2.75, 3.05) is 80.1 Å². The van der Waals surface area contributed by atoms with Gasteiger partial charge in [0.25, 0.3) is 11.8 Å². The second kappa shape index (κ2) is 19.9. The standard InChI is InChI=1S/C27H36Cl3N5O3.3ClH/c1-32(2)10-11-33(3)26(36)19-38-25-17-21(28)5-6-22(25)27(37)31-8-9-34-12-14-35(15-13-34)18-20-4-7-23(29)24(30)16-20;;;/h4-7,16-17H,8-15,18-19H2,1-3H3,(H,31,37);3*1H. The van der Waals surface area contributed by atoms with Crippen LogP contribution in [0.2, 0.25) is 15.1 Å². The molecule has 1 aliphatic rings. The summed E-state index contributed by atoms with van der Waals surface area (Å²) in [5.41, 5.74) is 1.49. The number of hydrogen-bond acceptors (Lipinski definition) is 6. The van der Waals surface area contributed by atoms with Crippen molar-refractivity contribution < 1.29 is 14.3 Å². The molecule has 2 aromatic carbocycles. The first-order chi connectivity index (χ1) is 18.1. The van der Waals surface area contributed by atoms with E-state index in [1.54, 1.807) is 30.1 Å². The number of likely N-dealkylation sites (N-methyl/N-ethyl adjacent to an activating group) is 2. The van der Waals surface area contributed by atoms with E-state index in [0.29, 0.717) is 39.5 Å². The summed E-state index contributed by atoms with van der Waals surface area (Å²) in [6.07, 6.45) is 0. The SMILES string of the molecule is CN(C)CCN(C)C(=O)COc1cc(Cl)ccc1C(=O)NCCN1CCN(Cc2ccc(Cl)c(Cl)c2)CC1.Cl.Cl.Cl. The zero-order chi connectivity index (χ0) is 27.7. The Morgan fingerprint density at radius 3 is 2.17 bits per heavy atom. The lowest BCUT2D eigenvalue weighted by Gasteiger charge is -2.34. The van der Waals surface area contributed by atoms with E-state index < -0.39 is 0 Å². The maximum atomic E-state index is 12.9. The van der Waals surface area contributed by atoms with Crippen molar-refractivity contribution in [3.05, 3.63) is 62.6 Å². The summed E-state index contributed by atoms with van der Waals surface area (Å²) in [6, 6.07) is 10.6. The molecule has 1 fully saturated rings. The summed E-state index contributed by atoms with van der Waals surface area (Å²) >= 11 is 18.3. The molecular formula is C27H39Cl6N5O3. The van der Waals surface area contributed by atoms with E-state index in [9.17, 15) is 9.59 Å². The Labute approximate surface area is 276 Å². The monoisotopic (exact) mass is 691 g/mol. The quantitative estimate of drug-likeness (QED) is 0.343. The number of carbonyl (C=O) groups is 2. The highest BCUT2D eigenvalue weighted by atomic mass is 35.5. The molecule has 14 heteroatoms. The summed E-state index contributed by atoms with van der Waals surface area (Å²) in [5.74, 6) is -0.139. The fraction of sp³-hybridized carbons (Fsp3) is 0.481. The molecule has 2 amide bonds. The number of benzene rings is 2. The summed E-state index contributed by atoms with van der Waals surface area (Å²) in [4.78, 5) is 33.6. The molecule has 0 saturated carbocycles. The lowest BCUT2D eigenvalue weighted by atomic mass is 10.2. The number of hydrogen-bond donors (Lipinski definition) is 1. The van der Waals surface area contributed by atoms with Gasteiger partial charge in [-0.2, -0.15) is 0 Å². The third kappa shape index (κ3) is 13.3. The molecule has 2 aromatic rings. The summed E-state index contributed by atoms with van der Waals surface area (Å²) in [6.45, 7) is 6.92. The maximum Gasteiger partial charge on any atom is 0.260 e. The Kier molecular flexibility index (Phi) is 19.3. The zero-order valence-corrected chi connectivity index (χ0v) is 28.1. The highest BCUT2D eigenvalue weighted by Gasteiger charge is 2.19. The lowest BCUT2D eigenvalue weighted by molar-refractivity contribution is -0.132. The van der Waals surface area contributed by atoms with Gasteiger partial charge in [0.15, 0.2) is 6.61 Å². The number of ether oxygens (including phenoxy) is 1. The van der Waals surface area contributed by atoms with Crippen LogP contribution < -0.4 is 10.1 Å². The van der Waals surface area contributed by atoms with E-state index in [2.05, 4.69) is 15.1 Å². The third-order valence-corrected chi connectivity index (χ3v) is 7.39. The van der Waals surface area contributed by atoms with Crippen LogP contribution in [0.5, 0.6) is 5.75 Å². The van der Waals surface area contributed by atoms with E-state index in [1.165, 1.54) is 0 Å². The number of nitrogens with one attached hydrogen (secondary N) is 1. The van der Waals surface area contributed by atoms with Crippen molar-refractivity contribution in [2.24, 2.45) is 0 Å². The minimum atomic E-state index is -0.261. The molecule has 0 aliphatic carbocycles. The van der Waals surface area contributed by atoms with Crippen LogP contribution in [-0.4, -0.2) is 112 Å². The predicted octanol–water partition coefficient (Wildman–Crippen LogP) is 4.86. The van der Waals surface area contributed by atoms with Gasteiger partial charge in [-0.05, 0) is 50.0 Å². The Bertz CT molecular complexity index is 1100. The molecule has 0 atom stereocenters. The van der Waals surface area contributed by atoms with Gasteiger partial charge >= 0.3 is 0 Å². The van der Waals surface area contributed by atoms with E-state index in [1.807, 2.05) is 37.2 Å². The molecule has 0 radical (unpaired) electrons. The van der Waals surface area contributed by atoms with Gasteiger partial charge in [-0.1, -0.05) is 40.9 Å². The van der Waals surface area contributed by atoms with Gasteiger partial charge in [-0.25, -0.2) is 0 Å². The van der Waals surface area contributed by atoms with Crippen LogP contribution in [0.4, 0.5) is 0 Å². The Hall–Kier alpha value is -1.20. The Morgan fingerprint density at radius 1 is 0.878 bits per heavy atom. The van der Waals surface area contributed by atoms with Crippen molar-refractivity contribution in [2.45, 2.75) is 6.54 Å². The van der Waals surface area contributed by atoms with Crippen molar-refractivity contribution in [3.8, 4) is 5.75 Å². The zero-order valence-electron chi connectivity index (χ0n) is 23.4. The van der Waals surface area contributed by atoms with Crippen molar-refractivity contribution in [1.82, 2.24) is 24.9 Å². The summed E-state index contributed by atoms with van der Waals surface area (Å²) in [7, 11) is 5.63. The molecule has 0 bridgehead atoms. The fourth-order valence-electron chi connectivity index (χ4n) is 4.02. The maximum absolute atomic E-state index is 12.9. The van der Waals surface area contributed by atoms with Gasteiger partial charge in [0.05, 0.1) is 15.6 Å². The molecule has 1 saturated heterocycles. The normalized spacial score (nSPS) is 13.4. The minimum absolute atomic E-state index is 0. The molecule has 1 aliphatic heterocycles.